The summed E-state index contributed by atoms with van der Waals surface area (Å²) in [5, 5.41) is 7.82. The van der Waals surface area contributed by atoms with Gasteiger partial charge < -0.3 is 5.32 Å². The lowest BCUT2D eigenvalue weighted by molar-refractivity contribution is 0.0939. The monoisotopic (exact) mass is 367 g/mol. The zero-order valence-corrected chi connectivity index (χ0v) is 15.9. The number of aryl methyl sites for hydroxylation is 2. The minimum atomic E-state index is -0.208. The van der Waals surface area contributed by atoms with Crippen molar-refractivity contribution in [2.24, 2.45) is 0 Å². The summed E-state index contributed by atoms with van der Waals surface area (Å²) < 4.78 is 1.66. The second-order valence-corrected chi connectivity index (χ2v) is 6.86. The van der Waals surface area contributed by atoms with E-state index in [0.717, 1.165) is 11.1 Å². The number of benzene rings is 2. The maximum Gasteiger partial charge on any atom is 0.256 e. The highest BCUT2D eigenvalue weighted by Crippen LogP contribution is 2.22. The molecule has 0 saturated heterocycles. The number of hydrogen-bond donors (Lipinski definition) is 1. The fraction of sp³-hybridized carbons (Fsp3) is 0.238. The van der Waals surface area contributed by atoms with Crippen LogP contribution in [0.25, 0.3) is 0 Å². The molecule has 0 spiro atoms. The molecule has 134 valence electrons. The van der Waals surface area contributed by atoms with E-state index in [4.69, 9.17) is 11.6 Å². The molecule has 0 fully saturated rings. The van der Waals surface area contributed by atoms with Gasteiger partial charge in [0.1, 0.15) is 5.15 Å². The van der Waals surface area contributed by atoms with Crippen molar-refractivity contribution in [3.05, 3.63) is 87.7 Å². The van der Waals surface area contributed by atoms with E-state index < -0.39 is 0 Å². The van der Waals surface area contributed by atoms with Crippen molar-refractivity contribution in [2.45, 2.75) is 33.4 Å². The van der Waals surface area contributed by atoms with Crippen LogP contribution in [0.5, 0.6) is 0 Å². The van der Waals surface area contributed by atoms with Gasteiger partial charge in [-0.05, 0) is 31.9 Å². The van der Waals surface area contributed by atoms with Crippen molar-refractivity contribution in [3.63, 3.8) is 0 Å². The van der Waals surface area contributed by atoms with Crippen LogP contribution >= 0.6 is 11.6 Å². The van der Waals surface area contributed by atoms with Gasteiger partial charge in [0.25, 0.3) is 5.91 Å². The van der Waals surface area contributed by atoms with Crippen molar-refractivity contribution in [1.82, 2.24) is 15.1 Å². The van der Waals surface area contributed by atoms with Crippen LogP contribution < -0.4 is 5.32 Å². The van der Waals surface area contributed by atoms with Crippen LogP contribution in [0.3, 0.4) is 0 Å². The standard InChI is InChI=1S/C21H22ClN3O/c1-14-9-11-18(12-10-14)15(2)23-21(26)19-16(3)24-25(20(19)22)13-17-7-5-4-6-8-17/h4-12,15H,13H2,1-3H3,(H,23,26). The van der Waals surface area contributed by atoms with E-state index in [9.17, 15) is 4.79 Å². The second-order valence-electron chi connectivity index (χ2n) is 6.50. The smallest absolute Gasteiger partial charge is 0.256 e. The molecular formula is C21H22ClN3O. The number of hydrogen-bond acceptors (Lipinski definition) is 2. The molecule has 1 amide bonds. The van der Waals surface area contributed by atoms with Gasteiger partial charge in [0.2, 0.25) is 0 Å². The second kappa shape index (κ2) is 7.75. The molecule has 1 aromatic heterocycles. The summed E-state index contributed by atoms with van der Waals surface area (Å²) in [6.07, 6.45) is 0. The number of rotatable bonds is 5. The molecule has 0 aliphatic heterocycles. The van der Waals surface area contributed by atoms with E-state index in [1.165, 1.54) is 5.56 Å². The molecule has 5 heteroatoms. The number of nitrogens with zero attached hydrogens (tertiary/aromatic N) is 2. The summed E-state index contributed by atoms with van der Waals surface area (Å²) in [7, 11) is 0. The molecule has 26 heavy (non-hydrogen) atoms. The van der Waals surface area contributed by atoms with Gasteiger partial charge >= 0.3 is 0 Å². The summed E-state index contributed by atoms with van der Waals surface area (Å²) in [5.74, 6) is -0.208. The van der Waals surface area contributed by atoms with Crippen LogP contribution in [-0.4, -0.2) is 15.7 Å². The van der Waals surface area contributed by atoms with Gasteiger partial charge in [-0.1, -0.05) is 71.8 Å². The van der Waals surface area contributed by atoms with Crippen LogP contribution in [-0.2, 0) is 6.54 Å². The number of aromatic nitrogens is 2. The SMILES string of the molecule is Cc1ccc(C(C)NC(=O)c2c(C)nn(Cc3ccccc3)c2Cl)cc1. The Kier molecular flexibility index (Phi) is 5.43. The number of amides is 1. The van der Waals surface area contributed by atoms with Crippen LogP contribution in [0.4, 0.5) is 0 Å². The highest BCUT2D eigenvalue weighted by atomic mass is 35.5. The van der Waals surface area contributed by atoms with Gasteiger partial charge in [-0.25, -0.2) is 4.68 Å². The molecule has 0 bridgehead atoms. The van der Waals surface area contributed by atoms with Gasteiger partial charge in [0, 0.05) is 0 Å². The minimum absolute atomic E-state index is 0.115. The maximum atomic E-state index is 12.8. The molecule has 0 radical (unpaired) electrons. The van der Waals surface area contributed by atoms with E-state index in [2.05, 4.69) is 10.4 Å². The van der Waals surface area contributed by atoms with Gasteiger partial charge in [-0.2, -0.15) is 5.10 Å². The summed E-state index contributed by atoms with van der Waals surface area (Å²) in [5.41, 5.74) is 4.38. The summed E-state index contributed by atoms with van der Waals surface area (Å²) >= 11 is 6.46. The van der Waals surface area contributed by atoms with E-state index >= 15 is 0 Å². The lowest BCUT2D eigenvalue weighted by Gasteiger charge is -2.14. The fourth-order valence-electron chi connectivity index (χ4n) is 2.88. The third kappa shape index (κ3) is 3.97. The van der Waals surface area contributed by atoms with Crippen LogP contribution in [0.1, 0.15) is 45.7 Å². The van der Waals surface area contributed by atoms with Crippen molar-refractivity contribution in [2.75, 3.05) is 0 Å². The Morgan fingerprint density at radius 3 is 2.42 bits per heavy atom. The van der Waals surface area contributed by atoms with Gasteiger partial charge in [0.15, 0.2) is 0 Å². The number of carbonyl (C=O) groups excluding carboxylic acids is 1. The Hall–Kier alpha value is -2.59. The van der Waals surface area contributed by atoms with E-state index in [0.29, 0.717) is 23.0 Å². The summed E-state index contributed by atoms with van der Waals surface area (Å²) in [4.78, 5) is 12.8. The molecular weight excluding hydrogens is 346 g/mol. The molecule has 1 unspecified atom stereocenters. The topological polar surface area (TPSA) is 46.9 Å². The Morgan fingerprint density at radius 1 is 1.12 bits per heavy atom. The third-order valence-electron chi connectivity index (χ3n) is 4.39. The lowest BCUT2D eigenvalue weighted by atomic mass is 10.1. The predicted molar refractivity (Wildman–Crippen MR) is 105 cm³/mol. The summed E-state index contributed by atoms with van der Waals surface area (Å²) in [6, 6.07) is 17.9. The number of halogens is 1. The largest absolute Gasteiger partial charge is 0.345 e. The highest BCUT2D eigenvalue weighted by molar-refractivity contribution is 6.33. The molecule has 3 aromatic rings. The van der Waals surface area contributed by atoms with E-state index in [1.54, 1.807) is 11.6 Å². The molecule has 1 heterocycles. The zero-order valence-electron chi connectivity index (χ0n) is 15.2. The minimum Gasteiger partial charge on any atom is -0.345 e. The van der Waals surface area contributed by atoms with E-state index in [1.807, 2.05) is 68.4 Å². The fourth-order valence-corrected chi connectivity index (χ4v) is 3.20. The normalized spacial score (nSPS) is 12.0. The molecule has 0 aliphatic carbocycles. The van der Waals surface area contributed by atoms with Crippen molar-refractivity contribution in [3.8, 4) is 0 Å². The van der Waals surface area contributed by atoms with Crippen molar-refractivity contribution in [1.29, 1.82) is 0 Å². The molecule has 2 aromatic carbocycles. The molecule has 1 atom stereocenters. The first-order valence-electron chi connectivity index (χ1n) is 8.60. The predicted octanol–water partition coefficient (Wildman–Crippen LogP) is 4.69. The molecule has 0 aliphatic rings. The lowest BCUT2D eigenvalue weighted by Crippen LogP contribution is -2.27. The Balaban J connectivity index is 1.78. The first kappa shape index (κ1) is 18.2. The number of carbonyl (C=O) groups is 1. The van der Waals surface area contributed by atoms with Crippen LogP contribution in [0.15, 0.2) is 54.6 Å². The maximum absolute atomic E-state index is 12.8. The third-order valence-corrected chi connectivity index (χ3v) is 4.78. The summed E-state index contributed by atoms with van der Waals surface area (Å²) in [6.45, 7) is 6.33. The van der Waals surface area contributed by atoms with Gasteiger partial charge in [0.05, 0.1) is 23.8 Å². The quantitative estimate of drug-likeness (QED) is 0.710. The first-order valence-corrected chi connectivity index (χ1v) is 8.97. The number of nitrogens with one attached hydrogen (secondary N) is 1. The van der Waals surface area contributed by atoms with Gasteiger partial charge in [-0.3, -0.25) is 4.79 Å². The molecule has 1 N–H and O–H groups in total. The first-order chi connectivity index (χ1) is 12.5. The zero-order chi connectivity index (χ0) is 18.7. The Morgan fingerprint density at radius 2 is 1.77 bits per heavy atom. The molecule has 4 nitrogen and oxygen atoms in total. The van der Waals surface area contributed by atoms with Crippen LogP contribution in [0.2, 0.25) is 5.15 Å². The highest BCUT2D eigenvalue weighted by Gasteiger charge is 2.22. The average molecular weight is 368 g/mol. The van der Waals surface area contributed by atoms with Crippen LogP contribution in [0, 0.1) is 13.8 Å². The van der Waals surface area contributed by atoms with Gasteiger partial charge in [-0.15, -0.1) is 0 Å². The average Bonchev–Trinajstić information content (AvgIpc) is 2.90. The Bertz CT molecular complexity index is 901. The molecule has 0 saturated carbocycles. The molecule has 3 rings (SSSR count). The Labute approximate surface area is 158 Å². The van der Waals surface area contributed by atoms with Crippen molar-refractivity contribution < 1.29 is 4.79 Å². The van der Waals surface area contributed by atoms with E-state index in [-0.39, 0.29) is 11.9 Å². The van der Waals surface area contributed by atoms with Crippen molar-refractivity contribution >= 4 is 17.5 Å².